The molecule has 0 aromatic heterocycles. The van der Waals surface area contributed by atoms with Gasteiger partial charge in [-0.2, -0.15) is 0 Å². The van der Waals surface area contributed by atoms with Crippen LogP contribution in [0.5, 0.6) is 11.5 Å². The number of benzene rings is 4. The van der Waals surface area contributed by atoms with Crippen LogP contribution in [0.25, 0.3) is 16.8 Å². The monoisotopic (exact) mass is 480 g/mol. The van der Waals surface area contributed by atoms with Crippen molar-refractivity contribution in [3.63, 3.8) is 0 Å². The minimum Gasteiger partial charge on any atom is -0.493 e. The Morgan fingerprint density at radius 1 is 0.943 bits per heavy atom. The average molecular weight is 481 g/mol. The fourth-order valence-corrected chi connectivity index (χ4v) is 4.76. The summed E-state index contributed by atoms with van der Waals surface area (Å²) in [7, 11) is 1.61. The SMILES string of the molecule is COc1cc(/C=C2/SC(=Nc3cccc(C)c3)NC2=O)ccc1OCc1cccc2ccccc12. The molecular weight excluding hydrogens is 456 g/mol. The fraction of sp³-hybridized carbons (Fsp3) is 0.103. The van der Waals surface area contributed by atoms with Gasteiger partial charge in [-0.05, 0) is 76.5 Å². The summed E-state index contributed by atoms with van der Waals surface area (Å²) in [5, 5.41) is 5.75. The number of amides is 1. The number of aliphatic imine (C=N–C) groups is 1. The van der Waals surface area contributed by atoms with E-state index in [2.05, 4.69) is 34.6 Å². The Bertz CT molecular complexity index is 1470. The molecule has 0 unspecified atom stereocenters. The molecule has 4 aromatic rings. The van der Waals surface area contributed by atoms with E-state index in [4.69, 9.17) is 9.47 Å². The number of hydrogen-bond donors (Lipinski definition) is 1. The number of carbonyl (C=O) groups excluding carboxylic acids is 1. The lowest BCUT2D eigenvalue weighted by molar-refractivity contribution is -0.115. The number of ether oxygens (including phenoxy) is 2. The summed E-state index contributed by atoms with van der Waals surface area (Å²) in [6.45, 7) is 2.44. The first-order chi connectivity index (χ1) is 17.1. The maximum atomic E-state index is 12.5. The molecule has 1 heterocycles. The molecule has 0 spiro atoms. The highest BCUT2D eigenvalue weighted by Crippen LogP contribution is 2.33. The summed E-state index contributed by atoms with van der Waals surface area (Å²) in [6, 6.07) is 28.0. The molecule has 0 bridgehead atoms. The Balaban J connectivity index is 1.33. The molecule has 1 fully saturated rings. The minimum absolute atomic E-state index is 0.170. The van der Waals surface area contributed by atoms with Crippen molar-refractivity contribution in [2.75, 3.05) is 7.11 Å². The molecule has 1 N–H and O–H groups in total. The zero-order valence-corrected chi connectivity index (χ0v) is 20.3. The van der Waals surface area contributed by atoms with Crippen molar-refractivity contribution >= 4 is 45.4 Å². The van der Waals surface area contributed by atoms with Crippen LogP contribution in [0, 0.1) is 6.92 Å². The highest BCUT2D eigenvalue weighted by Gasteiger charge is 2.24. The van der Waals surface area contributed by atoms with Gasteiger partial charge in [-0.25, -0.2) is 4.99 Å². The third-order valence-corrected chi connectivity index (χ3v) is 6.54. The van der Waals surface area contributed by atoms with Crippen molar-refractivity contribution < 1.29 is 14.3 Å². The van der Waals surface area contributed by atoms with Crippen LogP contribution >= 0.6 is 11.8 Å². The number of rotatable bonds is 6. The van der Waals surface area contributed by atoms with E-state index in [1.165, 1.54) is 22.5 Å². The highest BCUT2D eigenvalue weighted by atomic mass is 32.2. The molecule has 1 aliphatic rings. The summed E-state index contributed by atoms with van der Waals surface area (Å²) in [6.07, 6.45) is 1.83. The van der Waals surface area contributed by atoms with E-state index in [1.54, 1.807) is 7.11 Å². The summed E-state index contributed by atoms with van der Waals surface area (Å²) in [4.78, 5) is 17.6. The molecule has 0 aliphatic carbocycles. The van der Waals surface area contributed by atoms with Crippen LogP contribution in [0.3, 0.4) is 0 Å². The molecule has 1 aliphatic heterocycles. The van der Waals surface area contributed by atoms with Gasteiger partial charge in [0.05, 0.1) is 17.7 Å². The molecule has 5 rings (SSSR count). The van der Waals surface area contributed by atoms with Gasteiger partial charge in [-0.1, -0.05) is 60.7 Å². The second-order valence-electron chi connectivity index (χ2n) is 8.16. The van der Waals surface area contributed by atoms with Gasteiger partial charge in [-0.3, -0.25) is 4.79 Å². The number of nitrogens with one attached hydrogen (secondary N) is 1. The summed E-state index contributed by atoms with van der Waals surface area (Å²) >= 11 is 1.32. The molecule has 174 valence electrons. The summed E-state index contributed by atoms with van der Waals surface area (Å²) in [5.41, 5.74) is 3.87. The van der Waals surface area contributed by atoms with Crippen LogP contribution in [0.4, 0.5) is 5.69 Å². The topological polar surface area (TPSA) is 59.9 Å². The number of nitrogens with zero attached hydrogens (tertiary/aromatic N) is 1. The number of carbonyl (C=O) groups is 1. The number of fused-ring (bicyclic) bond motifs is 1. The second kappa shape index (κ2) is 10.1. The largest absolute Gasteiger partial charge is 0.493 e. The highest BCUT2D eigenvalue weighted by molar-refractivity contribution is 8.18. The van der Waals surface area contributed by atoms with E-state index in [-0.39, 0.29) is 5.91 Å². The lowest BCUT2D eigenvalue weighted by atomic mass is 10.1. The van der Waals surface area contributed by atoms with E-state index in [0.29, 0.717) is 28.2 Å². The number of amidine groups is 1. The third-order valence-electron chi connectivity index (χ3n) is 5.63. The van der Waals surface area contributed by atoms with Gasteiger partial charge in [0, 0.05) is 0 Å². The zero-order chi connectivity index (χ0) is 24.2. The van der Waals surface area contributed by atoms with E-state index < -0.39 is 0 Å². The molecule has 5 nitrogen and oxygen atoms in total. The van der Waals surface area contributed by atoms with Gasteiger partial charge in [-0.15, -0.1) is 0 Å². The number of methoxy groups -OCH3 is 1. The van der Waals surface area contributed by atoms with Crippen LogP contribution in [0.2, 0.25) is 0 Å². The molecule has 35 heavy (non-hydrogen) atoms. The summed E-state index contributed by atoms with van der Waals surface area (Å²) in [5.74, 6) is 1.08. The van der Waals surface area contributed by atoms with Gasteiger partial charge >= 0.3 is 0 Å². The lowest BCUT2D eigenvalue weighted by Gasteiger charge is -2.13. The Morgan fingerprint density at radius 3 is 2.63 bits per heavy atom. The second-order valence-corrected chi connectivity index (χ2v) is 9.19. The maximum Gasteiger partial charge on any atom is 0.264 e. The van der Waals surface area contributed by atoms with Gasteiger partial charge in [0.2, 0.25) is 0 Å². The minimum atomic E-state index is -0.170. The first-order valence-electron chi connectivity index (χ1n) is 11.2. The first-order valence-corrected chi connectivity index (χ1v) is 12.0. The van der Waals surface area contributed by atoms with E-state index in [1.807, 2.05) is 73.7 Å². The predicted molar refractivity (Wildman–Crippen MR) is 143 cm³/mol. The molecule has 0 saturated carbocycles. The van der Waals surface area contributed by atoms with Crippen molar-refractivity contribution in [2.45, 2.75) is 13.5 Å². The molecule has 6 heteroatoms. The predicted octanol–water partition coefficient (Wildman–Crippen LogP) is 6.63. The third kappa shape index (κ3) is 5.23. The van der Waals surface area contributed by atoms with E-state index >= 15 is 0 Å². The van der Waals surface area contributed by atoms with Crippen LogP contribution in [-0.2, 0) is 11.4 Å². The average Bonchev–Trinajstić information content (AvgIpc) is 3.21. The number of hydrogen-bond acceptors (Lipinski definition) is 5. The quantitative estimate of drug-likeness (QED) is 0.315. The molecule has 1 saturated heterocycles. The Hall–Kier alpha value is -4.03. The Morgan fingerprint density at radius 2 is 1.77 bits per heavy atom. The normalized spacial score (nSPS) is 15.5. The van der Waals surface area contributed by atoms with Gasteiger partial charge in [0.25, 0.3) is 5.91 Å². The first kappa shape index (κ1) is 22.7. The molecule has 0 radical (unpaired) electrons. The van der Waals surface area contributed by atoms with E-state index in [9.17, 15) is 4.79 Å². The van der Waals surface area contributed by atoms with E-state index in [0.717, 1.165) is 22.4 Å². The van der Waals surface area contributed by atoms with Crippen LogP contribution in [0.15, 0.2) is 94.8 Å². The molecule has 4 aromatic carbocycles. The molecular formula is C29H24N2O3S. The zero-order valence-electron chi connectivity index (χ0n) is 19.4. The smallest absolute Gasteiger partial charge is 0.264 e. The molecule has 1 amide bonds. The van der Waals surface area contributed by atoms with Crippen molar-refractivity contribution in [2.24, 2.45) is 4.99 Å². The van der Waals surface area contributed by atoms with Crippen molar-refractivity contribution in [1.29, 1.82) is 0 Å². The summed E-state index contributed by atoms with van der Waals surface area (Å²) < 4.78 is 11.7. The Kier molecular flexibility index (Phi) is 6.55. The van der Waals surface area contributed by atoms with Gasteiger partial charge < -0.3 is 14.8 Å². The standard InChI is InChI=1S/C29H24N2O3S/c1-19-7-5-11-23(15-19)30-29-31-28(32)27(35-29)17-20-13-14-25(26(16-20)33-2)34-18-22-10-6-9-21-8-3-4-12-24(21)22/h3-17H,18H2,1-2H3,(H,30,31,32)/b27-17+. The van der Waals surface area contributed by atoms with Crippen molar-refractivity contribution in [1.82, 2.24) is 5.32 Å². The van der Waals surface area contributed by atoms with Crippen LogP contribution < -0.4 is 14.8 Å². The molecule has 0 atom stereocenters. The van der Waals surface area contributed by atoms with Gasteiger partial charge in [0.1, 0.15) is 6.61 Å². The van der Waals surface area contributed by atoms with Crippen LogP contribution in [-0.4, -0.2) is 18.2 Å². The number of thioether (sulfide) groups is 1. The van der Waals surface area contributed by atoms with Crippen molar-refractivity contribution in [3.8, 4) is 11.5 Å². The fourth-order valence-electron chi connectivity index (χ4n) is 3.91. The van der Waals surface area contributed by atoms with Gasteiger partial charge in [0.15, 0.2) is 16.7 Å². The van der Waals surface area contributed by atoms with Crippen LogP contribution in [0.1, 0.15) is 16.7 Å². The maximum absolute atomic E-state index is 12.5. The number of aryl methyl sites for hydroxylation is 1. The lowest BCUT2D eigenvalue weighted by Crippen LogP contribution is -2.19. The van der Waals surface area contributed by atoms with Crippen molar-refractivity contribution in [3.05, 3.63) is 107 Å². The Labute approximate surface area is 208 Å².